The number of aromatic amines is 1. The summed E-state index contributed by atoms with van der Waals surface area (Å²) in [5, 5.41) is 19.5. The monoisotopic (exact) mass is 268 g/mol. The fourth-order valence-electron chi connectivity index (χ4n) is 1.69. The third kappa shape index (κ3) is 2.58. The number of aliphatic hydroxyl groups excluding tert-OH is 2. The molecule has 0 aliphatic carbocycles. The third-order valence-corrected chi connectivity index (χ3v) is 3.41. The van der Waals surface area contributed by atoms with Crippen molar-refractivity contribution in [2.45, 2.75) is 18.6 Å². The molecule has 1 aromatic heterocycles. The van der Waals surface area contributed by atoms with Crippen molar-refractivity contribution in [3.63, 3.8) is 0 Å². The van der Waals surface area contributed by atoms with E-state index >= 15 is 0 Å². The first-order valence-corrected chi connectivity index (χ1v) is 6.06. The number of amides is 1. The molecular formula is C11H12N2O4S. The van der Waals surface area contributed by atoms with Crippen LogP contribution in [0.1, 0.15) is 18.1 Å². The van der Waals surface area contributed by atoms with Gasteiger partial charge in [-0.1, -0.05) is 17.4 Å². The number of carbonyl (C=O) groups is 1. The first kappa shape index (κ1) is 12.7. The summed E-state index contributed by atoms with van der Waals surface area (Å²) in [5.41, 5.74) is 6.06. The molecule has 96 valence electrons. The van der Waals surface area contributed by atoms with Gasteiger partial charge in [0.25, 0.3) is 0 Å². The third-order valence-electron chi connectivity index (χ3n) is 2.56. The highest BCUT2D eigenvalue weighted by molar-refractivity contribution is 7.16. The zero-order chi connectivity index (χ0) is 13.3. The average molecular weight is 268 g/mol. The first-order valence-electron chi connectivity index (χ1n) is 5.24. The molecule has 0 radical (unpaired) electrons. The van der Waals surface area contributed by atoms with Crippen LogP contribution < -0.4 is 10.6 Å². The van der Waals surface area contributed by atoms with Crippen molar-refractivity contribution in [1.29, 1.82) is 0 Å². The van der Waals surface area contributed by atoms with Crippen LogP contribution in [0, 0.1) is 0 Å². The second kappa shape index (κ2) is 4.89. The molecule has 0 saturated carbocycles. The second-order valence-electron chi connectivity index (χ2n) is 3.95. The number of carbonyl (C=O) groups excluding carboxylic acids is 1. The van der Waals surface area contributed by atoms with Crippen LogP contribution in [0.4, 0.5) is 0 Å². The molecule has 2 unspecified atom stereocenters. The molecule has 1 amide bonds. The minimum Gasteiger partial charge on any atom is -0.390 e. The molecule has 1 heterocycles. The quantitative estimate of drug-likeness (QED) is 0.617. The van der Waals surface area contributed by atoms with Crippen LogP contribution in [0.25, 0.3) is 10.2 Å². The molecule has 0 aliphatic rings. The fraction of sp³-hybridized carbons (Fsp3) is 0.273. The molecule has 2 aromatic rings. The zero-order valence-electron chi connectivity index (χ0n) is 9.29. The van der Waals surface area contributed by atoms with E-state index in [0.717, 1.165) is 11.3 Å². The molecular weight excluding hydrogens is 256 g/mol. The lowest BCUT2D eigenvalue weighted by Gasteiger charge is -2.16. The van der Waals surface area contributed by atoms with Crippen LogP contribution >= 0.6 is 11.3 Å². The Bertz CT molecular complexity index is 633. The normalized spacial score (nSPS) is 14.6. The topological polar surface area (TPSA) is 116 Å². The lowest BCUT2D eigenvalue weighted by atomic mass is 10.0. The van der Waals surface area contributed by atoms with E-state index < -0.39 is 18.1 Å². The van der Waals surface area contributed by atoms with E-state index in [9.17, 15) is 19.8 Å². The zero-order valence-corrected chi connectivity index (χ0v) is 10.1. The molecule has 0 spiro atoms. The number of H-pyrrole nitrogens is 1. The molecule has 7 heteroatoms. The van der Waals surface area contributed by atoms with Crippen LogP contribution in [0.15, 0.2) is 23.0 Å². The van der Waals surface area contributed by atoms with Gasteiger partial charge >= 0.3 is 4.87 Å². The Morgan fingerprint density at radius 1 is 1.44 bits per heavy atom. The number of hydrogen-bond acceptors (Lipinski definition) is 5. The Balaban J connectivity index is 2.29. The Labute approximate surface area is 106 Å². The predicted octanol–water partition coefficient (Wildman–Crippen LogP) is -0.141. The largest absolute Gasteiger partial charge is 0.390 e. The van der Waals surface area contributed by atoms with Crippen molar-refractivity contribution < 1.29 is 15.0 Å². The van der Waals surface area contributed by atoms with E-state index in [1.807, 2.05) is 0 Å². The maximum Gasteiger partial charge on any atom is 0.305 e. The highest BCUT2D eigenvalue weighted by atomic mass is 32.1. The molecule has 0 bridgehead atoms. The summed E-state index contributed by atoms with van der Waals surface area (Å²) in [6, 6.07) is 4.83. The molecule has 2 rings (SSSR count). The molecule has 0 fully saturated rings. The smallest absolute Gasteiger partial charge is 0.305 e. The first-order chi connectivity index (χ1) is 8.47. The van der Waals surface area contributed by atoms with E-state index in [1.165, 1.54) is 0 Å². The second-order valence-corrected chi connectivity index (χ2v) is 4.97. The molecule has 18 heavy (non-hydrogen) atoms. The number of primary amides is 1. The summed E-state index contributed by atoms with van der Waals surface area (Å²) in [5.74, 6) is -0.686. The minimum absolute atomic E-state index is 0.186. The lowest BCUT2D eigenvalue weighted by molar-refractivity contribution is -0.121. The van der Waals surface area contributed by atoms with Gasteiger partial charge in [-0.3, -0.25) is 9.59 Å². The van der Waals surface area contributed by atoms with Crippen LogP contribution in [0.3, 0.4) is 0 Å². The van der Waals surface area contributed by atoms with E-state index in [2.05, 4.69) is 4.98 Å². The fourth-order valence-corrected chi connectivity index (χ4v) is 2.47. The number of aromatic nitrogens is 1. The van der Waals surface area contributed by atoms with Gasteiger partial charge in [0.2, 0.25) is 5.91 Å². The summed E-state index contributed by atoms with van der Waals surface area (Å²) in [4.78, 5) is 24.3. The SMILES string of the molecule is NC(=O)CC(O)C(O)c1ccc2[nH]c(=O)sc2c1. The lowest BCUT2D eigenvalue weighted by Crippen LogP contribution is -2.25. The summed E-state index contributed by atoms with van der Waals surface area (Å²) >= 11 is 1.01. The van der Waals surface area contributed by atoms with Crippen molar-refractivity contribution in [3.8, 4) is 0 Å². The molecule has 5 N–H and O–H groups in total. The van der Waals surface area contributed by atoms with E-state index in [0.29, 0.717) is 15.8 Å². The number of thiazole rings is 1. The Hall–Kier alpha value is -1.70. The predicted molar refractivity (Wildman–Crippen MR) is 67.2 cm³/mol. The Kier molecular flexibility index (Phi) is 3.46. The standard InChI is InChI=1S/C11H12N2O4S/c12-9(15)4-7(14)10(16)5-1-2-6-8(3-5)18-11(17)13-6/h1-3,7,10,14,16H,4H2,(H2,12,15)(H,13,17). The van der Waals surface area contributed by atoms with Gasteiger partial charge in [-0.2, -0.15) is 0 Å². The van der Waals surface area contributed by atoms with Crippen LogP contribution in [0.2, 0.25) is 0 Å². The van der Waals surface area contributed by atoms with E-state index in [4.69, 9.17) is 5.73 Å². The number of aliphatic hydroxyl groups is 2. The number of nitrogens with two attached hydrogens (primary N) is 1. The van der Waals surface area contributed by atoms with Gasteiger partial charge in [-0.25, -0.2) is 0 Å². The van der Waals surface area contributed by atoms with Crippen molar-refractivity contribution in [2.75, 3.05) is 0 Å². The molecule has 0 saturated heterocycles. The molecule has 2 atom stereocenters. The number of fused-ring (bicyclic) bond motifs is 1. The summed E-state index contributed by atoms with van der Waals surface area (Å²) < 4.78 is 0.683. The highest BCUT2D eigenvalue weighted by Crippen LogP contribution is 2.23. The van der Waals surface area contributed by atoms with Gasteiger partial charge in [0.05, 0.1) is 22.7 Å². The molecule has 6 nitrogen and oxygen atoms in total. The van der Waals surface area contributed by atoms with Crippen molar-refractivity contribution in [1.82, 2.24) is 4.98 Å². The Morgan fingerprint density at radius 3 is 2.83 bits per heavy atom. The maximum atomic E-state index is 11.1. The average Bonchev–Trinajstić information content (AvgIpc) is 2.65. The van der Waals surface area contributed by atoms with Gasteiger partial charge in [-0.15, -0.1) is 0 Å². The summed E-state index contributed by atoms with van der Waals surface area (Å²) in [6.07, 6.45) is -2.78. The number of benzene rings is 1. The number of hydrogen-bond donors (Lipinski definition) is 4. The van der Waals surface area contributed by atoms with E-state index in [-0.39, 0.29) is 11.3 Å². The van der Waals surface area contributed by atoms with Crippen molar-refractivity contribution in [3.05, 3.63) is 33.4 Å². The summed E-state index contributed by atoms with van der Waals surface area (Å²) in [7, 11) is 0. The van der Waals surface area contributed by atoms with Crippen LogP contribution in [0.5, 0.6) is 0 Å². The van der Waals surface area contributed by atoms with Crippen molar-refractivity contribution >= 4 is 27.5 Å². The van der Waals surface area contributed by atoms with Gasteiger partial charge in [0, 0.05) is 0 Å². The van der Waals surface area contributed by atoms with Crippen LogP contribution in [-0.4, -0.2) is 27.2 Å². The summed E-state index contributed by atoms with van der Waals surface area (Å²) in [6.45, 7) is 0. The van der Waals surface area contributed by atoms with Gasteiger partial charge in [0.1, 0.15) is 6.10 Å². The molecule has 0 aliphatic heterocycles. The van der Waals surface area contributed by atoms with Gasteiger partial charge in [-0.05, 0) is 17.7 Å². The van der Waals surface area contributed by atoms with Crippen LogP contribution in [-0.2, 0) is 4.79 Å². The highest BCUT2D eigenvalue weighted by Gasteiger charge is 2.20. The minimum atomic E-state index is -1.25. The van der Waals surface area contributed by atoms with Gasteiger partial charge in [0.15, 0.2) is 0 Å². The van der Waals surface area contributed by atoms with E-state index in [1.54, 1.807) is 18.2 Å². The maximum absolute atomic E-state index is 11.1. The Morgan fingerprint density at radius 2 is 2.17 bits per heavy atom. The number of nitrogens with one attached hydrogen (secondary N) is 1. The molecule has 1 aromatic carbocycles. The van der Waals surface area contributed by atoms with Crippen molar-refractivity contribution in [2.24, 2.45) is 5.73 Å². The number of rotatable bonds is 4. The van der Waals surface area contributed by atoms with Gasteiger partial charge < -0.3 is 20.9 Å².